The molecule has 0 atom stereocenters. The van der Waals surface area contributed by atoms with Gasteiger partial charge in [0.1, 0.15) is 0 Å². The average Bonchev–Trinajstić information content (AvgIpc) is 2.24. The molecule has 0 aliphatic heterocycles. The number of rotatable bonds is 0. The largest absolute Gasteiger partial charge is 0.0623 e. The van der Waals surface area contributed by atoms with Gasteiger partial charge in [-0.3, -0.25) is 0 Å². The van der Waals surface area contributed by atoms with Crippen LogP contribution in [0, 0.1) is 0 Å². The summed E-state index contributed by atoms with van der Waals surface area (Å²) in [5.74, 6) is 0. The molecule has 13 heavy (non-hydrogen) atoms. The second kappa shape index (κ2) is 9.18. The fourth-order valence-corrected chi connectivity index (χ4v) is 0.770. The zero-order valence-electron chi connectivity index (χ0n) is 7.31. The van der Waals surface area contributed by atoms with E-state index in [0.29, 0.717) is 0 Å². The van der Waals surface area contributed by atoms with E-state index >= 15 is 0 Å². The molecule has 0 heterocycles. The van der Waals surface area contributed by atoms with Crippen molar-refractivity contribution in [1.82, 2.24) is 0 Å². The Morgan fingerprint density at radius 3 is 0.385 bits per heavy atom. The van der Waals surface area contributed by atoms with Crippen molar-refractivity contribution < 1.29 is 20.1 Å². The number of hydrogen-bond acceptors (Lipinski definition) is 0. The minimum Gasteiger partial charge on any atom is -0.0623 e. The van der Waals surface area contributed by atoms with E-state index in [-0.39, 0.29) is 20.1 Å². The summed E-state index contributed by atoms with van der Waals surface area (Å²) in [5, 5.41) is 0. The van der Waals surface area contributed by atoms with Crippen LogP contribution in [0.1, 0.15) is 0 Å². The Bertz CT molecular complexity index is 181. The first-order valence-electron chi connectivity index (χ1n) is 4.00. The molecule has 0 unspecified atom stereocenters. The van der Waals surface area contributed by atoms with Crippen molar-refractivity contribution >= 4 is 0 Å². The van der Waals surface area contributed by atoms with Crippen molar-refractivity contribution in [2.24, 2.45) is 0 Å². The molecule has 0 aliphatic carbocycles. The molecule has 1 radical (unpaired) electrons. The van der Waals surface area contributed by atoms with E-state index in [0.717, 1.165) is 0 Å². The van der Waals surface area contributed by atoms with Crippen LogP contribution in [0.5, 0.6) is 0 Å². The number of benzene rings is 2. The molecule has 0 aliphatic rings. The summed E-state index contributed by atoms with van der Waals surface area (Å²) in [5.41, 5.74) is 0. The van der Waals surface area contributed by atoms with Crippen LogP contribution in [0.25, 0.3) is 0 Å². The number of hydrogen-bond donors (Lipinski definition) is 0. The fraction of sp³-hybridized carbons (Fsp3) is 0. The van der Waals surface area contributed by atoms with Crippen molar-refractivity contribution in [3.8, 4) is 0 Å². The predicted octanol–water partition coefficient (Wildman–Crippen LogP) is 3.37. The second-order valence-electron chi connectivity index (χ2n) is 2.31. The normalized spacial score (nSPS) is 7.38. The van der Waals surface area contributed by atoms with Crippen molar-refractivity contribution in [1.29, 1.82) is 0 Å². The summed E-state index contributed by atoms with van der Waals surface area (Å²) < 4.78 is 0. The minimum atomic E-state index is 0. The SMILES string of the molecule is [Tc].c1ccccc1.c1ccccc1. The van der Waals surface area contributed by atoms with Crippen LogP contribution in [-0.4, -0.2) is 0 Å². The standard InChI is InChI=1S/2C6H6.Tc/c2*1-2-4-6-5-3-1;/h2*1-6H;. The summed E-state index contributed by atoms with van der Waals surface area (Å²) in [7, 11) is 0. The summed E-state index contributed by atoms with van der Waals surface area (Å²) in [4.78, 5) is 0. The van der Waals surface area contributed by atoms with Crippen molar-refractivity contribution in [3.63, 3.8) is 0 Å². The molecule has 0 aromatic heterocycles. The third-order valence-electron chi connectivity index (χ3n) is 1.33. The summed E-state index contributed by atoms with van der Waals surface area (Å²) in [6.45, 7) is 0. The van der Waals surface area contributed by atoms with Gasteiger partial charge in [-0.05, 0) is 0 Å². The van der Waals surface area contributed by atoms with E-state index in [1.54, 1.807) is 0 Å². The van der Waals surface area contributed by atoms with Crippen LogP contribution in [0.2, 0.25) is 0 Å². The van der Waals surface area contributed by atoms with Gasteiger partial charge in [-0.15, -0.1) is 0 Å². The van der Waals surface area contributed by atoms with Gasteiger partial charge in [0.15, 0.2) is 0 Å². The molecule has 0 bridgehead atoms. The van der Waals surface area contributed by atoms with Crippen molar-refractivity contribution in [2.75, 3.05) is 0 Å². The maximum absolute atomic E-state index is 2.00. The van der Waals surface area contributed by atoms with E-state index in [4.69, 9.17) is 0 Å². The quantitative estimate of drug-likeness (QED) is 0.676. The predicted molar refractivity (Wildman–Crippen MR) is 52.9 cm³/mol. The first-order chi connectivity index (χ1) is 6.00. The Labute approximate surface area is 93.0 Å². The smallest absolute Gasteiger partial charge is 0 e. The molecule has 2 rings (SSSR count). The summed E-state index contributed by atoms with van der Waals surface area (Å²) in [6.07, 6.45) is 0. The van der Waals surface area contributed by atoms with Crippen LogP contribution in [-0.2, 0) is 20.1 Å². The first kappa shape index (κ1) is 12.1. The van der Waals surface area contributed by atoms with Gasteiger partial charge >= 0.3 is 0 Å². The van der Waals surface area contributed by atoms with Gasteiger partial charge in [0, 0.05) is 20.1 Å². The van der Waals surface area contributed by atoms with Gasteiger partial charge in [0.05, 0.1) is 0 Å². The Morgan fingerprint density at radius 2 is 0.308 bits per heavy atom. The first-order valence-corrected chi connectivity index (χ1v) is 4.00. The Balaban J connectivity index is 0.000000206. The van der Waals surface area contributed by atoms with Crippen molar-refractivity contribution in [2.45, 2.75) is 0 Å². The Kier molecular flexibility index (Phi) is 8.54. The molecule has 0 fully saturated rings. The average molecular weight is 254 g/mol. The van der Waals surface area contributed by atoms with Gasteiger partial charge in [-0.1, -0.05) is 72.8 Å². The molecule has 67 valence electrons. The van der Waals surface area contributed by atoms with Gasteiger partial charge in [-0.2, -0.15) is 0 Å². The monoisotopic (exact) mass is 253 g/mol. The third-order valence-corrected chi connectivity index (χ3v) is 1.33. The fourth-order valence-electron chi connectivity index (χ4n) is 0.770. The molecule has 2 aromatic carbocycles. The zero-order valence-corrected chi connectivity index (χ0v) is 9.16. The maximum Gasteiger partial charge on any atom is 0 e. The molecule has 0 nitrogen and oxygen atoms in total. The van der Waals surface area contributed by atoms with E-state index in [2.05, 4.69) is 0 Å². The molecular formula is C12H12Tc. The van der Waals surface area contributed by atoms with E-state index < -0.39 is 0 Å². The minimum absolute atomic E-state index is 0. The summed E-state index contributed by atoms with van der Waals surface area (Å²) in [6, 6.07) is 24.0. The van der Waals surface area contributed by atoms with Gasteiger partial charge in [-0.25, -0.2) is 0 Å². The van der Waals surface area contributed by atoms with Crippen molar-refractivity contribution in [3.05, 3.63) is 72.8 Å². The van der Waals surface area contributed by atoms with Gasteiger partial charge in [0.25, 0.3) is 0 Å². The van der Waals surface area contributed by atoms with Crippen LogP contribution in [0.4, 0.5) is 0 Å². The molecular weight excluding hydrogens is 242 g/mol. The molecule has 0 saturated carbocycles. The summed E-state index contributed by atoms with van der Waals surface area (Å²) >= 11 is 0. The van der Waals surface area contributed by atoms with Crippen LogP contribution in [0.3, 0.4) is 0 Å². The van der Waals surface area contributed by atoms with E-state index in [9.17, 15) is 0 Å². The second-order valence-corrected chi connectivity index (χ2v) is 2.31. The topological polar surface area (TPSA) is 0 Å². The molecule has 1 heteroatoms. The van der Waals surface area contributed by atoms with E-state index in [1.807, 2.05) is 72.8 Å². The Hall–Kier alpha value is -0.911. The van der Waals surface area contributed by atoms with Crippen LogP contribution >= 0.6 is 0 Å². The Morgan fingerprint density at radius 1 is 0.231 bits per heavy atom. The third kappa shape index (κ3) is 7.45. The van der Waals surface area contributed by atoms with Crippen LogP contribution in [0.15, 0.2) is 72.8 Å². The molecule has 0 N–H and O–H groups in total. The molecule has 0 spiro atoms. The van der Waals surface area contributed by atoms with Gasteiger partial charge < -0.3 is 0 Å². The van der Waals surface area contributed by atoms with Gasteiger partial charge in [0.2, 0.25) is 0 Å². The molecule has 2 aromatic rings. The maximum atomic E-state index is 2.00. The molecule has 0 saturated heterocycles. The van der Waals surface area contributed by atoms with E-state index in [1.165, 1.54) is 0 Å². The van der Waals surface area contributed by atoms with Crippen LogP contribution < -0.4 is 0 Å². The zero-order chi connectivity index (χ0) is 8.49. The molecule has 0 amide bonds.